The molecule has 0 bridgehead atoms. The minimum absolute atomic E-state index is 0.761. The Morgan fingerprint density at radius 1 is 1.43 bits per heavy atom. The second-order valence-electron chi connectivity index (χ2n) is 3.12. The fourth-order valence-electron chi connectivity index (χ4n) is 1.29. The first-order valence-electron chi connectivity index (χ1n) is 4.73. The first-order chi connectivity index (χ1) is 6.81. The summed E-state index contributed by atoms with van der Waals surface area (Å²) >= 11 is 0. The molecule has 2 rings (SSSR count). The summed E-state index contributed by atoms with van der Waals surface area (Å²) < 4.78 is 1.71. The van der Waals surface area contributed by atoms with Gasteiger partial charge in [0.15, 0.2) is 5.65 Å². The first kappa shape index (κ1) is 8.93. The van der Waals surface area contributed by atoms with Gasteiger partial charge in [-0.25, -0.2) is 4.98 Å². The van der Waals surface area contributed by atoms with Crippen LogP contribution in [0.5, 0.6) is 0 Å². The maximum Gasteiger partial charge on any atom is 0.227 e. The molecule has 0 saturated heterocycles. The van der Waals surface area contributed by atoms with Gasteiger partial charge in [-0.2, -0.15) is 14.6 Å². The van der Waals surface area contributed by atoms with E-state index in [0.29, 0.717) is 0 Å². The number of aryl methyl sites for hydroxylation is 1. The van der Waals surface area contributed by atoms with Gasteiger partial charge in [-0.15, -0.1) is 0 Å². The molecule has 2 aromatic rings. The molecule has 14 heavy (non-hydrogen) atoms. The molecule has 74 valence electrons. The number of rotatable bonds is 3. The van der Waals surface area contributed by atoms with E-state index in [2.05, 4.69) is 27.3 Å². The van der Waals surface area contributed by atoms with E-state index in [4.69, 9.17) is 0 Å². The van der Waals surface area contributed by atoms with Crippen LogP contribution >= 0.6 is 0 Å². The van der Waals surface area contributed by atoms with Crippen molar-refractivity contribution in [2.24, 2.45) is 0 Å². The molecule has 5 heteroatoms. The van der Waals surface area contributed by atoms with Crippen molar-refractivity contribution >= 4 is 11.6 Å². The molecule has 0 spiro atoms. The maximum absolute atomic E-state index is 4.29. The summed E-state index contributed by atoms with van der Waals surface area (Å²) in [4.78, 5) is 8.54. The van der Waals surface area contributed by atoms with Gasteiger partial charge in [0.25, 0.3) is 0 Å². The van der Waals surface area contributed by atoms with Crippen LogP contribution in [0.4, 0.5) is 5.95 Å². The van der Waals surface area contributed by atoms with Gasteiger partial charge in [0, 0.05) is 12.6 Å². The highest BCUT2D eigenvalue weighted by Gasteiger charge is 2.03. The Labute approximate surface area is 82.2 Å². The van der Waals surface area contributed by atoms with Gasteiger partial charge in [-0.1, -0.05) is 6.92 Å². The van der Waals surface area contributed by atoms with Crippen molar-refractivity contribution in [1.82, 2.24) is 19.6 Å². The van der Waals surface area contributed by atoms with Crippen LogP contribution in [-0.2, 0) is 0 Å². The molecule has 0 radical (unpaired) electrons. The number of hydrogen-bond donors (Lipinski definition) is 1. The smallest absolute Gasteiger partial charge is 0.227 e. The summed E-state index contributed by atoms with van der Waals surface area (Å²) in [6.45, 7) is 4.89. The van der Waals surface area contributed by atoms with E-state index in [-0.39, 0.29) is 0 Å². The van der Waals surface area contributed by atoms with Crippen molar-refractivity contribution in [2.75, 3.05) is 11.9 Å². The number of nitrogens with zero attached hydrogens (tertiary/aromatic N) is 4. The summed E-state index contributed by atoms with van der Waals surface area (Å²) in [6, 6.07) is 1.87. The third-order valence-corrected chi connectivity index (χ3v) is 1.90. The van der Waals surface area contributed by atoms with Crippen LogP contribution in [-0.4, -0.2) is 26.1 Å². The molecular formula is C9H13N5. The topological polar surface area (TPSA) is 55.1 Å². The molecule has 0 aliphatic heterocycles. The Kier molecular flexibility index (Phi) is 2.30. The maximum atomic E-state index is 4.29. The predicted molar refractivity (Wildman–Crippen MR) is 54.3 cm³/mol. The van der Waals surface area contributed by atoms with Crippen molar-refractivity contribution in [1.29, 1.82) is 0 Å². The van der Waals surface area contributed by atoms with Gasteiger partial charge in [0.05, 0.1) is 6.20 Å². The Bertz CT molecular complexity index is 434. The Balaban J connectivity index is 2.44. The highest BCUT2D eigenvalue weighted by molar-refractivity contribution is 5.43. The molecule has 2 heterocycles. The zero-order valence-electron chi connectivity index (χ0n) is 8.36. The monoisotopic (exact) mass is 191 g/mol. The second kappa shape index (κ2) is 3.61. The van der Waals surface area contributed by atoms with Crippen LogP contribution in [0, 0.1) is 6.92 Å². The number of hydrogen-bond acceptors (Lipinski definition) is 4. The van der Waals surface area contributed by atoms with Crippen molar-refractivity contribution in [2.45, 2.75) is 20.3 Å². The van der Waals surface area contributed by atoms with Gasteiger partial charge in [0.1, 0.15) is 5.82 Å². The molecule has 2 aromatic heterocycles. The summed E-state index contributed by atoms with van der Waals surface area (Å²) in [5.74, 6) is 1.52. The van der Waals surface area contributed by atoms with E-state index in [1.165, 1.54) is 0 Å². The lowest BCUT2D eigenvalue weighted by molar-refractivity contribution is 0.849. The van der Waals surface area contributed by atoms with Gasteiger partial charge in [-0.3, -0.25) is 0 Å². The molecule has 0 fully saturated rings. The molecule has 0 aromatic carbocycles. The number of anilines is 1. The third kappa shape index (κ3) is 1.53. The molecule has 0 aliphatic rings. The van der Waals surface area contributed by atoms with Crippen molar-refractivity contribution in [3.05, 3.63) is 18.1 Å². The number of nitrogens with one attached hydrogen (secondary N) is 1. The van der Waals surface area contributed by atoms with Crippen LogP contribution in [0.15, 0.2) is 12.3 Å². The van der Waals surface area contributed by atoms with Gasteiger partial charge >= 0.3 is 0 Å². The molecule has 0 saturated carbocycles. The molecule has 0 unspecified atom stereocenters. The lowest BCUT2D eigenvalue weighted by Crippen LogP contribution is -2.10. The predicted octanol–water partition coefficient (Wildman–Crippen LogP) is 1.25. The van der Waals surface area contributed by atoms with E-state index in [1.54, 1.807) is 10.7 Å². The van der Waals surface area contributed by atoms with E-state index in [1.807, 2.05) is 13.0 Å². The van der Waals surface area contributed by atoms with Crippen molar-refractivity contribution < 1.29 is 0 Å². The second-order valence-corrected chi connectivity index (χ2v) is 3.12. The van der Waals surface area contributed by atoms with Crippen molar-refractivity contribution in [3.8, 4) is 0 Å². The molecule has 5 nitrogen and oxygen atoms in total. The quantitative estimate of drug-likeness (QED) is 0.793. The van der Waals surface area contributed by atoms with Crippen LogP contribution in [0.3, 0.4) is 0 Å². The lowest BCUT2D eigenvalue weighted by atomic mass is 10.5. The fourth-order valence-corrected chi connectivity index (χ4v) is 1.29. The number of aromatic nitrogens is 4. The highest BCUT2D eigenvalue weighted by atomic mass is 15.3. The van der Waals surface area contributed by atoms with Gasteiger partial charge in [0.2, 0.25) is 5.95 Å². The summed E-state index contributed by atoms with van der Waals surface area (Å²) in [6.07, 6.45) is 2.78. The van der Waals surface area contributed by atoms with Crippen LogP contribution in [0.1, 0.15) is 19.2 Å². The molecular weight excluding hydrogens is 178 g/mol. The molecule has 1 N–H and O–H groups in total. The van der Waals surface area contributed by atoms with E-state index in [0.717, 1.165) is 30.4 Å². The zero-order chi connectivity index (χ0) is 9.97. The molecule has 0 atom stereocenters. The number of fused-ring (bicyclic) bond motifs is 1. The molecule has 0 amide bonds. The zero-order valence-corrected chi connectivity index (χ0v) is 8.36. The standard InChI is InChI=1S/C9H13N5/c1-3-5-10-9-13-7(2)12-8-4-6-11-14(8)9/h4,6H,3,5H2,1-2H3,(H,10,12,13). The molecule has 0 aliphatic carbocycles. The normalized spacial score (nSPS) is 10.7. The van der Waals surface area contributed by atoms with Crippen molar-refractivity contribution in [3.63, 3.8) is 0 Å². The largest absolute Gasteiger partial charge is 0.354 e. The highest BCUT2D eigenvalue weighted by Crippen LogP contribution is 2.06. The van der Waals surface area contributed by atoms with Crippen LogP contribution < -0.4 is 5.32 Å². The first-order valence-corrected chi connectivity index (χ1v) is 4.73. The summed E-state index contributed by atoms with van der Waals surface area (Å²) in [5.41, 5.74) is 0.830. The fraction of sp³-hybridized carbons (Fsp3) is 0.444. The Morgan fingerprint density at radius 2 is 2.29 bits per heavy atom. The van der Waals surface area contributed by atoms with E-state index < -0.39 is 0 Å². The lowest BCUT2D eigenvalue weighted by Gasteiger charge is -2.05. The average molecular weight is 191 g/mol. The minimum atomic E-state index is 0.761. The van der Waals surface area contributed by atoms with Crippen LogP contribution in [0.25, 0.3) is 5.65 Å². The summed E-state index contributed by atoms with van der Waals surface area (Å²) in [5, 5.41) is 7.36. The minimum Gasteiger partial charge on any atom is -0.354 e. The third-order valence-electron chi connectivity index (χ3n) is 1.90. The van der Waals surface area contributed by atoms with Gasteiger partial charge < -0.3 is 5.32 Å². The Hall–Kier alpha value is -1.65. The van der Waals surface area contributed by atoms with E-state index in [9.17, 15) is 0 Å². The van der Waals surface area contributed by atoms with E-state index >= 15 is 0 Å². The van der Waals surface area contributed by atoms with Crippen LogP contribution in [0.2, 0.25) is 0 Å². The average Bonchev–Trinajstić information content (AvgIpc) is 2.61. The van der Waals surface area contributed by atoms with Gasteiger partial charge in [-0.05, 0) is 13.3 Å². The Morgan fingerprint density at radius 3 is 3.07 bits per heavy atom. The summed E-state index contributed by atoms with van der Waals surface area (Å²) in [7, 11) is 0. The SMILES string of the molecule is CCCNc1nc(C)nc2ccnn12.